The lowest BCUT2D eigenvalue weighted by Crippen LogP contribution is -2.49. The third-order valence-electron chi connectivity index (χ3n) is 9.99. The second-order valence-corrected chi connectivity index (χ2v) is 11.8. The second kappa shape index (κ2) is 9.14. The average Bonchev–Trinajstić information content (AvgIpc) is 3.26. The molecular formula is C32H36N2O2. The molecule has 4 nitrogen and oxygen atoms in total. The fraction of sp³-hybridized carbons (Fsp3) is 0.469. The number of hydrogen-bond acceptors (Lipinski definition) is 4. The maximum Gasteiger partial charge on any atom is 0.339 e. The van der Waals surface area contributed by atoms with Gasteiger partial charge >= 0.3 is 5.97 Å². The number of hydrogen-bond donors (Lipinski definition) is 0. The van der Waals surface area contributed by atoms with Gasteiger partial charge in [-0.2, -0.15) is 0 Å². The summed E-state index contributed by atoms with van der Waals surface area (Å²) in [6.07, 6.45) is 17.0. The molecule has 1 aromatic carbocycles. The molecule has 0 radical (unpaired) electrons. The molecule has 1 aromatic heterocycles. The first-order valence-electron chi connectivity index (χ1n) is 13.6. The van der Waals surface area contributed by atoms with E-state index < -0.39 is 0 Å². The van der Waals surface area contributed by atoms with Crippen LogP contribution < -0.4 is 0 Å². The summed E-state index contributed by atoms with van der Waals surface area (Å²) >= 11 is 0. The second-order valence-electron chi connectivity index (χ2n) is 11.8. The van der Waals surface area contributed by atoms with Crippen molar-refractivity contribution in [3.8, 4) is 0 Å². The van der Waals surface area contributed by atoms with Gasteiger partial charge in [0, 0.05) is 12.4 Å². The molecule has 1 heterocycles. The minimum atomic E-state index is -0.297. The van der Waals surface area contributed by atoms with Crippen LogP contribution in [-0.4, -0.2) is 16.7 Å². The van der Waals surface area contributed by atoms with E-state index in [1.807, 2.05) is 42.7 Å². The van der Waals surface area contributed by atoms with Crippen LogP contribution in [0, 0.1) is 28.6 Å². The molecule has 0 spiro atoms. The minimum absolute atomic E-state index is 0.231. The average molecular weight is 481 g/mol. The maximum atomic E-state index is 12.3. The van der Waals surface area contributed by atoms with Gasteiger partial charge in [0.2, 0.25) is 0 Å². The molecule has 0 aliphatic heterocycles. The molecule has 4 aliphatic carbocycles. The Bertz CT molecular complexity index is 1230. The number of oxime groups is 1. The highest BCUT2D eigenvalue weighted by atomic mass is 16.7. The van der Waals surface area contributed by atoms with Crippen LogP contribution in [0.25, 0.3) is 5.57 Å². The van der Waals surface area contributed by atoms with Crippen molar-refractivity contribution in [2.24, 2.45) is 33.7 Å². The molecule has 2 fully saturated rings. The summed E-state index contributed by atoms with van der Waals surface area (Å²) in [6, 6.07) is 14.0. The highest BCUT2D eigenvalue weighted by molar-refractivity contribution is 5.96. The molecule has 0 amide bonds. The summed E-state index contributed by atoms with van der Waals surface area (Å²) in [5, 5.41) is 4.29. The van der Waals surface area contributed by atoms with E-state index in [0.717, 1.165) is 48.3 Å². The minimum Gasteiger partial charge on any atom is -0.318 e. The zero-order valence-electron chi connectivity index (χ0n) is 21.5. The van der Waals surface area contributed by atoms with Gasteiger partial charge in [-0.05, 0) is 102 Å². The number of pyridine rings is 1. The van der Waals surface area contributed by atoms with Crippen LogP contribution in [0.2, 0.25) is 0 Å². The monoisotopic (exact) mass is 480 g/mol. The Hall–Kier alpha value is -3.01. The Balaban J connectivity index is 1.16. The van der Waals surface area contributed by atoms with Gasteiger partial charge in [0.15, 0.2) is 0 Å². The van der Waals surface area contributed by atoms with Crippen molar-refractivity contribution in [3.05, 3.63) is 83.7 Å². The van der Waals surface area contributed by atoms with E-state index >= 15 is 0 Å². The van der Waals surface area contributed by atoms with Gasteiger partial charge < -0.3 is 4.84 Å². The molecule has 2 aromatic rings. The first-order valence-corrected chi connectivity index (χ1v) is 13.6. The number of fused-ring (bicyclic) bond motifs is 5. The highest BCUT2D eigenvalue weighted by Gasteiger charge is 2.57. The number of carbonyl (C=O) groups is 1. The van der Waals surface area contributed by atoms with Crippen LogP contribution in [0.5, 0.6) is 0 Å². The third kappa shape index (κ3) is 3.95. The zero-order chi connectivity index (χ0) is 24.8. The van der Waals surface area contributed by atoms with Crippen molar-refractivity contribution in [3.63, 3.8) is 0 Å². The Morgan fingerprint density at radius 2 is 1.89 bits per heavy atom. The van der Waals surface area contributed by atoms with Crippen LogP contribution in [0.1, 0.15) is 69.9 Å². The third-order valence-corrected chi connectivity index (χ3v) is 9.99. The lowest BCUT2D eigenvalue weighted by atomic mass is 9.46. The smallest absolute Gasteiger partial charge is 0.318 e. The molecule has 4 heteroatoms. The van der Waals surface area contributed by atoms with Gasteiger partial charge in [-0.3, -0.25) is 4.98 Å². The van der Waals surface area contributed by atoms with E-state index in [9.17, 15) is 4.79 Å². The van der Waals surface area contributed by atoms with Crippen molar-refractivity contribution in [1.82, 2.24) is 4.98 Å². The number of rotatable bonds is 4. The van der Waals surface area contributed by atoms with Crippen molar-refractivity contribution in [2.75, 3.05) is 0 Å². The van der Waals surface area contributed by atoms with E-state index in [2.05, 4.69) is 48.3 Å². The lowest BCUT2D eigenvalue weighted by Gasteiger charge is -2.58. The number of aromatic nitrogens is 1. The molecule has 186 valence electrons. The number of carbonyl (C=O) groups excluding carboxylic acids is 1. The molecule has 36 heavy (non-hydrogen) atoms. The highest BCUT2D eigenvalue weighted by Crippen LogP contribution is 2.66. The van der Waals surface area contributed by atoms with E-state index in [1.165, 1.54) is 42.4 Å². The van der Waals surface area contributed by atoms with Crippen LogP contribution >= 0.6 is 0 Å². The molecule has 0 unspecified atom stereocenters. The number of nitrogens with zero attached hydrogens (tertiary/aromatic N) is 2. The Kier molecular flexibility index (Phi) is 5.94. The number of allylic oxidation sites excluding steroid dienone is 4. The summed E-state index contributed by atoms with van der Waals surface area (Å²) in [4.78, 5) is 22.0. The van der Waals surface area contributed by atoms with Gasteiger partial charge in [0.1, 0.15) is 0 Å². The SMILES string of the molecule is C[C@]12CCC(=NOC(=O)Cc3ccccc3)C=C1CC[C@H]1[C@@H]2CC[C@]2(C)C(c3cccnc3)=CC[C@@H]12. The first kappa shape index (κ1) is 23.4. The van der Waals surface area contributed by atoms with E-state index in [4.69, 9.17) is 4.84 Å². The van der Waals surface area contributed by atoms with Gasteiger partial charge in [-0.25, -0.2) is 4.79 Å². The molecule has 0 N–H and O–H groups in total. The van der Waals surface area contributed by atoms with Crippen molar-refractivity contribution < 1.29 is 9.63 Å². The van der Waals surface area contributed by atoms with Crippen LogP contribution in [0.15, 0.2) is 77.7 Å². The summed E-state index contributed by atoms with van der Waals surface area (Å²) in [7, 11) is 0. The molecule has 4 aliphatic rings. The normalized spacial score (nSPS) is 34.2. The molecule has 5 atom stereocenters. The van der Waals surface area contributed by atoms with Crippen LogP contribution in [0.4, 0.5) is 0 Å². The van der Waals surface area contributed by atoms with E-state index in [0.29, 0.717) is 0 Å². The zero-order valence-corrected chi connectivity index (χ0v) is 21.5. The Morgan fingerprint density at radius 3 is 2.69 bits per heavy atom. The van der Waals surface area contributed by atoms with E-state index in [-0.39, 0.29) is 23.2 Å². The summed E-state index contributed by atoms with van der Waals surface area (Å²) in [5.41, 5.74) is 6.72. The standard InChI is InChI=1S/C32H36N2O2/c1-31-16-14-25(34-36-30(35)19-22-7-4-3-5-8-22)20-24(31)10-11-26-28-13-12-27(23-9-6-18-33-21-23)32(28,2)17-15-29(26)31/h3-9,12,18,20-21,26,28-29H,10-11,13-17,19H2,1-2H3/t26-,28+,29+,31+,32-/m1/s1. The topological polar surface area (TPSA) is 51.5 Å². The summed E-state index contributed by atoms with van der Waals surface area (Å²) in [6.45, 7) is 5.02. The van der Waals surface area contributed by atoms with Crippen molar-refractivity contribution >= 4 is 17.3 Å². The predicted octanol–water partition coefficient (Wildman–Crippen LogP) is 7.18. The van der Waals surface area contributed by atoms with Gasteiger partial charge in [-0.15, -0.1) is 0 Å². The lowest BCUT2D eigenvalue weighted by molar-refractivity contribution is -0.142. The summed E-state index contributed by atoms with van der Waals surface area (Å²) < 4.78 is 0. The molecule has 0 bridgehead atoms. The fourth-order valence-electron chi connectivity index (χ4n) is 8.08. The number of benzene rings is 1. The summed E-state index contributed by atoms with van der Waals surface area (Å²) in [5.74, 6) is 1.91. The molecule has 2 saturated carbocycles. The van der Waals surface area contributed by atoms with Crippen LogP contribution in [0.3, 0.4) is 0 Å². The van der Waals surface area contributed by atoms with Crippen molar-refractivity contribution in [2.45, 2.75) is 65.2 Å². The van der Waals surface area contributed by atoms with Gasteiger partial charge in [0.05, 0.1) is 12.1 Å². The first-order chi connectivity index (χ1) is 17.5. The van der Waals surface area contributed by atoms with Gasteiger partial charge in [0.25, 0.3) is 0 Å². The fourth-order valence-corrected chi connectivity index (χ4v) is 8.08. The maximum absolute atomic E-state index is 12.3. The quantitative estimate of drug-likeness (QED) is 0.344. The Morgan fingerprint density at radius 1 is 1.03 bits per heavy atom. The molecular weight excluding hydrogens is 444 g/mol. The van der Waals surface area contributed by atoms with Crippen LogP contribution in [-0.2, 0) is 16.1 Å². The largest absolute Gasteiger partial charge is 0.339 e. The van der Waals surface area contributed by atoms with Crippen molar-refractivity contribution in [1.29, 1.82) is 0 Å². The molecule has 0 saturated heterocycles. The predicted molar refractivity (Wildman–Crippen MR) is 143 cm³/mol. The molecule has 6 rings (SSSR count). The van der Waals surface area contributed by atoms with Gasteiger partial charge in [-0.1, -0.05) is 67.1 Å². The van der Waals surface area contributed by atoms with E-state index in [1.54, 1.807) is 0 Å². The Labute approximate surface area is 214 Å².